The minimum atomic E-state index is -3.09. The molecule has 1 unspecified atom stereocenters. The van der Waals surface area contributed by atoms with Crippen LogP contribution in [0.2, 0.25) is 0 Å². The molecule has 0 aliphatic carbocycles. The lowest BCUT2D eigenvalue weighted by Crippen LogP contribution is -2.50. The van der Waals surface area contributed by atoms with E-state index < -0.39 is 10.0 Å². The van der Waals surface area contributed by atoms with Crippen molar-refractivity contribution in [3.05, 3.63) is 35.4 Å². The van der Waals surface area contributed by atoms with Crippen molar-refractivity contribution in [3.63, 3.8) is 0 Å². The molecule has 1 aliphatic heterocycles. The van der Waals surface area contributed by atoms with E-state index in [1.807, 2.05) is 6.92 Å². The Bertz CT molecular complexity index is 708. The highest BCUT2D eigenvalue weighted by Gasteiger charge is 2.27. The van der Waals surface area contributed by atoms with Crippen LogP contribution < -0.4 is 10.6 Å². The van der Waals surface area contributed by atoms with E-state index in [-0.39, 0.29) is 11.8 Å². The summed E-state index contributed by atoms with van der Waals surface area (Å²) < 4.78 is 26.0. The van der Waals surface area contributed by atoms with Gasteiger partial charge in [-0.3, -0.25) is 4.99 Å². The molecular formula is C20H34N4O2S. The van der Waals surface area contributed by atoms with Gasteiger partial charge in [0.15, 0.2) is 5.96 Å². The Labute approximate surface area is 164 Å². The number of aryl methyl sites for hydroxylation is 1. The smallest absolute Gasteiger partial charge is 0.214 e. The highest BCUT2D eigenvalue weighted by Crippen LogP contribution is 2.16. The van der Waals surface area contributed by atoms with Crippen molar-refractivity contribution >= 4 is 16.0 Å². The van der Waals surface area contributed by atoms with Crippen LogP contribution in [0.3, 0.4) is 0 Å². The molecule has 0 radical (unpaired) electrons. The van der Waals surface area contributed by atoms with Crippen LogP contribution in [0.1, 0.15) is 50.2 Å². The molecule has 2 rings (SSSR count). The van der Waals surface area contributed by atoms with Crippen molar-refractivity contribution < 1.29 is 8.42 Å². The molecule has 1 aromatic carbocycles. The summed E-state index contributed by atoms with van der Waals surface area (Å²) in [6.07, 6.45) is 2.27. The molecule has 1 fully saturated rings. The van der Waals surface area contributed by atoms with Crippen LogP contribution >= 0.6 is 0 Å². The van der Waals surface area contributed by atoms with Gasteiger partial charge in [0, 0.05) is 32.7 Å². The largest absolute Gasteiger partial charge is 0.356 e. The van der Waals surface area contributed by atoms with Crippen molar-refractivity contribution in [3.8, 4) is 0 Å². The Morgan fingerprint density at radius 1 is 1.26 bits per heavy atom. The number of aliphatic imine (C=N–C) groups is 1. The van der Waals surface area contributed by atoms with Crippen molar-refractivity contribution in [1.29, 1.82) is 0 Å². The van der Waals surface area contributed by atoms with Crippen molar-refractivity contribution in [2.24, 2.45) is 4.99 Å². The van der Waals surface area contributed by atoms with E-state index in [0.717, 1.165) is 25.3 Å². The molecule has 0 spiro atoms. The third kappa shape index (κ3) is 6.50. The lowest BCUT2D eigenvalue weighted by Gasteiger charge is -2.32. The third-order valence-electron chi connectivity index (χ3n) is 5.10. The Hall–Kier alpha value is -1.60. The van der Waals surface area contributed by atoms with Gasteiger partial charge in [0.2, 0.25) is 10.0 Å². The van der Waals surface area contributed by atoms with Crippen LogP contribution in [0.25, 0.3) is 0 Å². The van der Waals surface area contributed by atoms with Crippen LogP contribution in [0.4, 0.5) is 0 Å². The van der Waals surface area contributed by atoms with Gasteiger partial charge < -0.3 is 10.6 Å². The number of sulfonamides is 1. The molecule has 0 saturated carbocycles. The average Bonchev–Trinajstić information content (AvgIpc) is 2.65. The highest BCUT2D eigenvalue weighted by molar-refractivity contribution is 7.89. The maximum absolute atomic E-state index is 12.2. The van der Waals surface area contributed by atoms with Gasteiger partial charge in [-0.1, -0.05) is 43.7 Å². The van der Waals surface area contributed by atoms with Gasteiger partial charge in [-0.2, -0.15) is 0 Å². The van der Waals surface area contributed by atoms with Gasteiger partial charge in [0.1, 0.15) is 0 Å². The van der Waals surface area contributed by atoms with Gasteiger partial charge in [-0.15, -0.1) is 0 Å². The number of piperidine rings is 1. The van der Waals surface area contributed by atoms with Crippen LogP contribution in [0.15, 0.2) is 29.3 Å². The molecule has 6 nitrogen and oxygen atoms in total. The van der Waals surface area contributed by atoms with E-state index in [1.165, 1.54) is 11.1 Å². The third-order valence-corrected chi connectivity index (χ3v) is 7.17. The number of nitrogens with zero attached hydrogens (tertiary/aromatic N) is 2. The molecule has 1 aliphatic rings. The van der Waals surface area contributed by atoms with E-state index >= 15 is 0 Å². The second-order valence-electron chi connectivity index (χ2n) is 7.40. The summed E-state index contributed by atoms with van der Waals surface area (Å²) in [6, 6.07) is 8.87. The zero-order valence-corrected chi connectivity index (χ0v) is 17.8. The van der Waals surface area contributed by atoms with Crippen LogP contribution in [-0.4, -0.2) is 57.2 Å². The number of benzene rings is 1. The topological polar surface area (TPSA) is 73.8 Å². The quantitative estimate of drug-likeness (QED) is 0.550. The molecule has 1 aromatic rings. The number of guanidine groups is 1. The summed E-state index contributed by atoms with van der Waals surface area (Å²) in [5.74, 6) is 1.40. The summed E-state index contributed by atoms with van der Waals surface area (Å²) in [7, 11) is -1.32. The first-order chi connectivity index (χ1) is 12.9. The maximum Gasteiger partial charge on any atom is 0.214 e. The molecule has 152 valence electrons. The SMILES string of the molecule is CCCS(=O)(=O)N1CCC(NC(=NC)NCC(C)c2ccc(C)cc2)CC1. The van der Waals surface area contributed by atoms with E-state index in [2.05, 4.69) is 53.7 Å². The van der Waals surface area contributed by atoms with Crippen LogP contribution in [-0.2, 0) is 10.0 Å². The zero-order chi connectivity index (χ0) is 19.9. The normalized spacial score (nSPS) is 18.3. The maximum atomic E-state index is 12.2. The van der Waals surface area contributed by atoms with Gasteiger partial charge in [-0.05, 0) is 37.7 Å². The van der Waals surface area contributed by atoms with E-state index in [0.29, 0.717) is 25.4 Å². The van der Waals surface area contributed by atoms with E-state index in [9.17, 15) is 8.42 Å². The summed E-state index contributed by atoms with van der Waals surface area (Å²) in [4.78, 5) is 4.32. The second kappa shape index (κ2) is 10.1. The van der Waals surface area contributed by atoms with Crippen molar-refractivity contribution in [2.45, 2.75) is 52.0 Å². The Morgan fingerprint density at radius 3 is 2.44 bits per heavy atom. The van der Waals surface area contributed by atoms with Gasteiger partial charge in [0.05, 0.1) is 5.75 Å². The molecule has 27 heavy (non-hydrogen) atoms. The highest BCUT2D eigenvalue weighted by atomic mass is 32.2. The second-order valence-corrected chi connectivity index (χ2v) is 9.49. The lowest BCUT2D eigenvalue weighted by atomic mass is 10.0. The fraction of sp³-hybridized carbons (Fsp3) is 0.650. The molecule has 0 aromatic heterocycles. The molecule has 1 saturated heterocycles. The predicted molar refractivity (Wildman–Crippen MR) is 113 cm³/mol. The number of hydrogen-bond acceptors (Lipinski definition) is 3. The van der Waals surface area contributed by atoms with E-state index in [1.54, 1.807) is 11.4 Å². The molecule has 0 bridgehead atoms. The summed E-state index contributed by atoms with van der Waals surface area (Å²) in [5, 5.41) is 6.84. The molecule has 2 N–H and O–H groups in total. The average molecular weight is 395 g/mol. The monoisotopic (exact) mass is 394 g/mol. The molecule has 1 atom stereocenters. The Kier molecular flexibility index (Phi) is 8.10. The summed E-state index contributed by atoms with van der Waals surface area (Å²) >= 11 is 0. The lowest BCUT2D eigenvalue weighted by molar-refractivity contribution is 0.306. The fourth-order valence-corrected chi connectivity index (χ4v) is 4.86. The molecule has 7 heteroatoms. The van der Waals surface area contributed by atoms with Gasteiger partial charge in [-0.25, -0.2) is 12.7 Å². The molecular weight excluding hydrogens is 360 g/mol. The minimum absolute atomic E-state index is 0.241. The van der Waals surface area contributed by atoms with Crippen LogP contribution in [0.5, 0.6) is 0 Å². The fourth-order valence-electron chi connectivity index (χ4n) is 3.32. The summed E-state index contributed by atoms with van der Waals surface area (Å²) in [5.41, 5.74) is 2.57. The van der Waals surface area contributed by atoms with E-state index in [4.69, 9.17) is 0 Å². The molecule has 0 amide bonds. The zero-order valence-electron chi connectivity index (χ0n) is 17.0. The first kappa shape index (κ1) is 21.7. The number of hydrogen-bond donors (Lipinski definition) is 2. The Balaban J connectivity index is 1.80. The minimum Gasteiger partial charge on any atom is -0.356 e. The standard InChI is InChI=1S/C20H34N4O2S/c1-5-14-27(25,26)24-12-10-19(11-13-24)23-20(21-4)22-15-17(3)18-8-6-16(2)7-9-18/h6-9,17,19H,5,10-15H2,1-4H3,(H2,21,22,23). The number of rotatable bonds is 7. The van der Waals surface area contributed by atoms with Crippen molar-refractivity contribution in [2.75, 3.05) is 32.4 Å². The molecule has 1 heterocycles. The van der Waals surface area contributed by atoms with Crippen LogP contribution in [0, 0.1) is 6.92 Å². The summed E-state index contributed by atoms with van der Waals surface area (Å²) in [6.45, 7) is 8.15. The Morgan fingerprint density at radius 2 is 1.89 bits per heavy atom. The first-order valence-electron chi connectivity index (χ1n) is 9.87. The first-order valence-corrected chi connectivity index (χ1v) is 11.5. The predicted octanol–water partition coefficient (Wildman–Crippen LogP) is 2.47. The van der Waals surface area contributed by atoms with Gasteiger partial charge >= 0.3 is 0 Å². The number of nitrogens with one attached hydrogen (secondary N) is 2. The van der Waals surface area contributed by atoms with Crippen molar-refractivity contribution in [1.82, 2.24) is 14.9 Å². The van der Waals surface area contributed by atoms with Gasteiger partial charge in [0.25, 0.3) is 0 Å².